The van der Waals surface area contributed by atoms with Crippen LogP contribution in [0.4, 0.5) is 0 Å². The molecular formula is C23H38S. The zero-order valence-corrected chi connectivity index (χ0v) is 17.5. The highest BCUT2D eigenvalue weighted by atomic mass is 32.1. The number of fused-ring (bicyclic) bond motifs is 3. The number of allylic oxidation sites excluding steroid dienone is 4. The van der Waals surface area contributed by atoms with Crippen LogP contribution >= 0.6 is 12.6 Å². The molecule has 0 amide bonds. The molecule has 136 valence electrons. The highest BCUT2D eigenvalue weighted by Crippen LogP contribution is 2.67. The van der Waals surface area contributed by atoms with Crippen molar-refractivity contribution < 1.29 is 0 Å². The van der Waals surface area contributed by atoms with Gasteiger partial charge >= 0.3 is 0 Å². The van der Waals surface area contributed by atoms with Crippen molar-refractivity contribution in [1.82, 2.24) is 0 Å². The molecule has 0 aromatic heterocycles. The molecule has 0 heterocycles. The fourth-order valence-electron chi connectivity index (χ4n) is 6.51. The lowest BCUT2D eigenvalue weighted by Crippen LogP contribution is -2.54. The molecule has 0 nitrogen and oxygen atoms in total. The first-order valence-electron chi connectivity index (χ1n) is 10.3. The first kappa shape index (κ1) is 18.6. The van der Waals surface area contributed by atoms with Crippen LogP contribution in [0, 0.1) is 28.6 Å². The molecule has 4 aliphatic carbocycles. The summed E-state index contributed by atoms with van der Waals surface area (Å²) in [5, 5.41) is 0. The Morgan fingerprint density at radius 3 is 2.62 bits per heavy atom. The van der Waals surface area contributed by atoms with Gasteiger partial charge in [0.1, 0.15) is 0 Å². The Labute approximate surface area is 156 Å². The third kappa shape index (κ3) is 2.83. The van der Waals surface area contributed by atoms with Gasteiger partial charge in [0.15, 0.2) is 0 Å². The summed E-state index contributed by atoms with van der Waals surface area (Å²) in [7, 11) is 0. The van der Waals surface area contributed by atoms with Gasteiger partial charge in [-0.05, 0) is 80.5 Å². The second kappa shape index (κ2) is 6.53. The van der Waals surface area contributed by atoms with Crippen molar-refractivity contribution in [3.05, 3.63) is 23.8 Å². The van der Waals surface area contributed by atoms with Crippen molar-refractivity contribution in [1.29, 1.82) is 0 Å². The van der Waals surface area contributed by atoms with E-state index in [4.69, 9.17) is 12.6 Å². The molecule has 6 atom stereocenters. The molecule has 4 aliphatic rings. The van der Waals surface area contributed by atoms with E-state index < -0.39 is 0 Å². The Kier molecular flexibility index (Phi) is 5.06. The summed E-state index contributed by atoms with van der Waals surface area (Å²) < 4.78 is 0.197. The molecule has 4 rings (SSSR count). The first-order valence-corrected chi connectivity index (χ1v) is 10.8. The SMILES string of the molecule is CCC1(C)CCC23C/C=C\C(C)/C=C(\C)CCC2(S)C(C)C1CC3. The summed E-state index contributed by atoms with van der Waals surface area (Å²) >= 11 is 5.55. The van der Waals surface area contributed by atoms with Crippen molar-refractivity contribution in [3.63, 3.8) is 0 Å². The van der Waals surface area contributed by atoms with Crippen LogP contribution in [-0.4, -0.2) is 4.75 Å². The molecule has 0 saturated heterocycles. The summed E-state index contributed by atoms with van der Waals surface area (Å²) in [6, 6.07) is 0. The van der Waals surface area contributed by atoms with Crippen molar-refractivity contribution in [2.75, 3.05) is 0 Å². The average molecular weight is 347 g/mol. The molecule has 24 heavy (non-hydrogen) atoms. The molecule has 0 N–H and O–H groups in total. The van der Waals surface area contributed by atoms with Gasteiger partial charge in [-0.25, -0.2) is 0 Å². The third-order valence-corrected chi connectivity index (χ3v) is 9.59. The average Bonchev–Trinajstić information content (AvgIpc) is 2.73. The van der Waals surface area contributed by atoms with E-state index in [2.05, 4.69) is 52.8 Å². The Hall–Kier alpha value is -0.170. The number of hydrogen-bond acceptors (Lipinski definition) is 1. The van der Waals surface area contributed by atoms with Gasteiger partial charge in [-0.2, -0.15) is 12.6 Å². The summed E-state index contributed by atoms with van der Waals surface area (Å²) in [5.74, 6) is 2.15. The minimum atomic E-state index is 0.197. The number of thiol groups is 1. The lowest BCUT2D eigenvalue weighted by atomic mass is 9.54. The predicted molar refractivity (Wildman–Crippen MR) is 110 cm³/mol. The van der Waals surface area contributed by atoms with E-state index in [0.717, 1.165) is 11.8 Å². The predicted octanol–water partition coefficient (Wildman–Crippen LogP) is 7.22. The van der Waals surface area contributed by atoms with Crippen LogP contribution < -0.4 is 0 Å². The molecular weight excluding hydrogens is 308 g/mol. The highest BCUT2D eigenvalue weighted by Gasteiger charge is 2.60. The molecule has 3 fully saturated rings. The molecule has 0 aromatic rings. The van der Waals surface area contributed by atoms with E-state index >= 15 is 0 Å². The first-order chi connectivity index (χ1) is 11.3. The van der Waals surface area contributed by atoms with E-state index in [1.165, 1.54) is 51.4 Å². The van der Waals surface area contributed by atoms with Crippen LogP contribution in [0.3, 0.4) is 0 Å². The zero-order chi connectivity index (χ0) is 17.6. The smallest absolute Gasteiger partial charge is 0.0220 e. The standard InChI is InChI=1S/C23H38S/c1-6-21(5)14-15-22-11-7-8-17(2)16-18(3)9-13-23(22,24)19(4)20(21)10-12-22/h7-8,16-17,19-20,24H,6,9-15H2,1-5H3/b8-7-,18-16+. The van der Waals surface area contributed by atoms with Crippen LogP contribution in [0.1, 0.15) is 86.0 Å². The molecule has 1 spiro atoms. The molecule has 0 radical (unpaired) electrons. The molecule has 0 aliphatic heterocycles. The second-order valence-corrected chi connectivity index (χ2v) is 10.4. The van der Waals surface area contributed by atoms with Crippen LogP contribution in [-0.2, 0) is 0 Å². The van der Waals surface area contributed by atoms with Crippen LogP contribution in [0.15, 0.2) is 23.8 Å². The minimum Gasteiger partial charge on any atom is -0.172 e. The summed E-state index contributed by atoms with van der Waals surface area (Å²) in [5.41, 5.74) is 2.49. The van der Waals surface area contributed by atoms with Gasteiger partial charge in [0.25, 0.3) is 0 Å². The maximum atomic E-state index is 5.55. The monoisotopic (exact) mass is 346 g/mol. The molecule has 2 bridgehead atoms. The Bertz CT molecular complexity index is 532. The van der Waals surface area contributed by atoms with E-state index in [1.54, 1.807) is 5.57 Å². The fourth-order valence-corrected chi connectivity index (χ4v) is 7.12. The van der Waals surface area contributed by atoms with Gasteiger partial charge < -0.3 is 0 Å². The van der Waals surface area contributed by atoms with Gasteiger partial charge in [-0.15, -0.1) is 0 Å². The van der Waals surface area contributed by atoms with Gasteiger partial charge in [-0.1, -0.05) is 57.9 Å². The minimum absolute atomic E-state index is 0.197. The van der Waals surface area contributed by atoms with Crippen molar-refractivity contribution >= 4 is 12.6 Å². The van der Waals surface area contributed by atoms with E-state index in [0.29, 0.717) is 16.7 Å². The zero-order valence-electron chi connectivity index (χ0n) is 16.6. The molecule has 0 aromatic carbocycles. The van der Waals surface area contributed by atoms with Crippen molar-refractivity contribution in [2.24, 2.45) is 28.6 Å². The topological polar surface area (TPSA) is 0 Å². The number of hydrogen-bond donors (Lipinski definition) is 1. The van der Waals surface area contributed by atoms with E-state index in [1.807, 2.05) is 0 Å². The van der Waals surface area contributed by atoms with Gasteiger partial charge in [0.2, 0.25) is 0 Å². The van der Waals surface area contributed by atoms with Gasteiger partial charge in [-0.3, -0.25) is 0 Å². The normalized spacial score (nSPS) is 52.8. The van der Waals surface area contributed by atoms with Crippen molar-refractivity contribution in [3.8, 4) is 0 Å². The maximum absolute atomic E-state index is 5.55. The van der Waals surface area contributed by atoms with Crippen molar-refractivity contribution in [2.45, 2.75) is 90.7 Å². The Morgan fingerprint density at radius 1 is 1.17 bits per heavy atom. The Morgan fingerprint density at radius 2 is 1.92 bits per heavy atom. The van der Waals surface area contributed by atoms with Crippen LogP contribution in [0.5, 0.6) is 0 Å². The van der Waals surface area contributed by atoms with Crippen LogP contribution in [0.25, 0.3) is 0 Å². The molecule has 3 saturated carbocycles. The summed E-state index contributed by atoms with van der Waals surface area (Å²) in [4.78, 5) is 0. The van der Waals surface area contributed by atoms with Gasteiger partial charge in [0.05, 0.1) is 0 Å². The molecule has 1 heteroatoms. The number of rotatable bonds is 1. The maximum Gasteiger partial charge on any atom is 0.0220 e. The highest BCUT2D eigenvalue weighted by molar-refractivity contribution is 7.81. The molecule has 6 unspecified atom stereocenters. The summed E-state index contributed by atoms with van der Waals surface area (Å²) in [6.45, 7) is 12.2. The van der Waals surface area contributed by atoms with Gasteiger partial charge in [0, 0.05) is 4.75 Å². The second-order valence-electron chi connectivity index (χ2n) is 9.65. The lowest BCUT2D eigenvalue weighted by Gasteiger charge is -2.57. The largest absolute Gasteiger partial charge is 0.172 e. The fraction of sp³-hybridized carbons (Fsp3) is 0.826. The third-order valence-electron chi connectivity index (χ3n) is 8.48. The summed E-state index contributed by atoms with van der Waals surface area (Å²) in [6.07, 6.45) is 18.1. The van der Waals surface area contributed by atoms with Crippen LogP contribution in [0.2, 0.25) is 0 Å². The lowest BCUT2D eigenvalue weighted by molar-refractivity contribution is 0.0225. The Balaban J connectivity index is 2.04. The van der Waals surface area contributed by atoms with E-state index in [9.17, 15) is 0 Å². The van der Waals surface area contributed by atoms with E-state index in [-0.39, 0.29) is 4.75 Å². The quantitative estimate of drug-likeness (QED) is 0.376.